The van der Waals surface area contributed by atoms with Crippen LogP contribution in [0.3, 0.4) is 0 Å². The molecule has 2 amide bonds. The lowest BCUT2D eigenvalue weighted by atomic mass is 10.1. The summed E-state index contributed by atoms with van der Waals surface area (Å²) in [5.41, 5.74) is 1.08. The van der Waals surface area contributed by atoms with E-state index in [1.54, 1.807) is 0 Å². The molecule has 4 nitrogen and oxygen atoms in total. The SMILES string of the molecule is CCC[N+](C)(C)N1C(=O)CC(C=C(C)C)C1=O. The lowest BCUT2D eigenvalue weighted by molar-refractivity contribution is -0.978. The highest BCUT2D eigenvalue weighted by molar-refractivity contribution is 6.03. The van der Waals surface area contributed by atoms with Crippen molar-refractivity contribution in [2.24, 2.45) is 5.92 Å². The Morgan fingerprint density at radius 1 is 1.41 bits per heavy atom. The Labute approximate surface area is 103 Å². The first-order valence-corrected chi connectivity index (χ1v) is 6.15. The van der Waals surface area contributed by atoms with E-state index in [-0.39, 0.29) is 17.7 Å². The lowest BCUT2D eigenvalue weighted by Crippen LogP contribution is -2.57. The first-order valence-electron chi connectivity index (χ1n) is 6.15. The molecule has 1 rings (SSSR count). The van der Waals surface area contributed by atoms with E-state index >= 15 is 0 Å². The number of carbonyl (C=O) groups excluding carboxylic acids is 2. The number of allylic oxidation sites excluding steroid dienone is 1. The summed E-state index contributed by atoms with van der Waals surface area (Å²) < 4.78 is 0.335. The molecule has 0 bridgehead atoms. The molecule has 0 spiro atoms. The maximum atomic E-state index is 12.2. The maximum Gasteiger partial charge on any atom is 0.283 e. The van der Waals surface area contributed by atoms with Crippen molar-refractivity contribution >= 4 is 11.8 Å². The molecule has 17 heavy (non-hydrogen) atoms. The van der Waals surface area contributed by atoms with Crippen molar-refractivity contribution in [1.82, 2.24) is 5.01 Å². The highest BCUT2D eigenvalue weighted by Gasteiger charge is 2.46. The molecule has 0 aromatic rings. The molecule has 1 aliphatic heterocycles. The van der Waals surface area contributed by atoms with Crippen molar-refractivity contribution in [2.75, 3.05) is 20.6 Å². The first kappa shape index (κ1) is 13.9. The number of imide groups is 1. The molecule has 4 heteroatoms. The third kappa shape index (κ3) is 2.94. The summed E-state index contributed by atoms with van der Waals surface area (Å²) >= 11 is 0. The number of quaternary nitrogens is 1. The number of rotatable bonds is 4. The summed E-state index contributed by atoms with van der Waals surface area (Å²) in [7, 11) is 3.81. The van der Waals surface area contributed by atoms with E-state index < -0.39 is 0 Å². The molecule has 1 atom stereocenters. The zero-order valence-electron chi connectivity index (χ0n) is 11.5. The van der Waals surface area contributed by atoms with Gasteiger partial charge in [-0.1, -0.05) is 18.6 Å². The monoisotopic (exact) mass is 239 g/mol. The van der Waals surface area contributed by atoms with Crippen LogP contribution in [0.5, 0.6) is 0 Å². The summed E-state index contributed by atoms with van der Waals surface area (Å²) in [5, 5.41) is 1.41. The predicted octanol–water partition coefficient (Wildman–Crippen LogP) is 1.73. The maximum absolute atomic E-state index is 12.2. The number of nitrogens with zero attached hydrogens (tertiary/aromatic N) is 2. The smallest absolute Gasteiger partial charge is 0.269 e. The number of carbonyl (C=O) groups is 2. The lowest BCUT2D eigenvalue weighted by Gasteiger charge is -2.35. The van der Waals surface area contributed by atoms with Crippen LogP contribution in [0.2, 0.25) is 0 Å². The van der Waals surface area contributed by atoms with Gasteiger partial charge in [0, 0.05) is 6.42 Å². The molecule has 1 unspecified atom stereocenters. The molecule has 0 aromatic carbocycles. The fraction of sp³-hybridized carbons (Fsp3) is 0.692. The average molecular weight is 239 g/mol. The van der Waals surface area contributed by atoms with Crippen molar-refractivity contribution in [2.45, 2.75) is 33.6 Å². The third-order valence-electron chi connectivity index (χ3n) is 3.00. The second-order valence-corrected chi connectivity index (χ2v) is 5.44. The quantitative estimate of drug-likeness (QED) is 0.425. The third-order valence-corrected chi connectivity index (χ3v) is 3.00. The van der Waals surface area contributed by atoms with Crippen LogP contribution in [0.25, 0.3) is 0 Å². The van der Waals surface area contributed by atoms with Crippen LogP contribution in [0.1, 0.15) is 33.6 Å². The molecule has 96 valence electrons. The largest absolute Gasteiger partial charge is 0.283 e. The van der Waals surface area contributed by atoms with Crippen molar-refractivity contribution in [3.63, 3.8) is 0 Å². The van der Waals surface area contributed by atoms with E-state index in [1.165, 1.54) is 5.01 Å². The van der Waals surface area contributed by atoms with Crippen LogP contribution in [-0.2, 0) is 9.59 Å². The Balaban J connectivity index is 2.93. The van der Waals surface area contributed by atoms with E-state index in [1.807, 2.05) is 34.0 Å². The summed E-state index contributed by atoms with van der Waals surface area (Å²) in [6.07, 6.45) is 3.15. The van der Waals surface area contributed by atoms with Crippen LogP contribution in [0, 0.1) is 5.92 Å². The fourth-order valence-corrected chi connectivity index (χ4v) is 2.39. The summed E-state index contributed by atoms with van der Waals surface area (Å²) in [6, 6.07) is 0. The molecule has 0 aromatic heterocycles. The average Bonchev–Trinajstić information content (AvgIpc) is 2.40. The topological polar surface area (TPSA) is 37.4 Å². The van der Waals surface area contributed by atoms with Gasteiger partial charge in [0.2, 0.25) is 0 Å². The summed E-state index contributed by atoms with van der Waals surface area (Å²) in [6.45, 7) is 6.75. The second kappa shape index (κ2) is 5.00. The molecule has 1 fully saturated rings. The van der Waals surface area contributed by atoms with Gasteiger partial charge in [0.25, 0.3) is 11.8 Å². The van der Waals surface area contributed by atoms with Crippen molar-refractivity contribution in [1.29, 1.82) is 0 Å². The Hall–Kier alpha value is -1.16. The first-order chi connectivity index (χ1) is 7.79. The van der Waals surface area contributed by atoms with Gasteiger partial charge in [-0.2, -0.15) is 0 Å². The van der Waals surface area contributed by atoms with Gasteiger partial charge in [-0.05, 0) is 20.3 Å². The summed E-state index contributed by atoms with van der Waals surface area (Å²) in [4.78, 5) is 24.2. The van der Waals surface area contributed by atoms with Crippen LogP contribution < -0.4 is 0 Å². The Morgan fingerprint density at radius 2 is 2.00 bits per heavy atom. The highest BCUT2D eigenvalue weighted by Crippen LogP contribution is 2.26. The minimum atomic E-state index is -0.262. The van der Waals surface area contributed by atoms with E-state index in [2.05, 4.69) is 6.92 Å². The van der Waals surface area contributed by atoms with Crippen molar-refractivity contribution in [3.05, 3.63) is 11.6 Å². The van der Waals surface area contributed by atoms with E-state index in [4.69, 9.17) is 0 Å². The molecular weight excluding hydrogens is 216 g/mol. The Bertz CT molecular complexity index is 354. The van der Waals surface area contributed by atoms with Gasteiger partial charge < -0.3 is 0 Å². The van der Waals surface area contributed by atoms with Crippen molar-refractivity contribution in [3.8, 4) is 0 Å². The fourth-order valence-electron chi connectivity index (χ4n) is 2.39. The Kier molecular flexibility index (Phi) is 4.09. The number of hydrogen-bond donors (Lipinski definition) is 0. The second-order valence-electron chi connectivity index (χ2n) is 5.44. The van der Waals surface area contributed by atoms with Gasteiger partial charge >= 0.3 is 0 Å². The highest BCUT2D eigenvalue weighted by atomic mass is 16.2. The molecule has 0 aliphatic carbocycles. The van der Waals surface area contributed by atoms with Gasteiger partial charge in [-0.15, -0.1) is 5.01 Å². The van der Waals surface area contributed by atoms with Gasteiger partial charge in [-0.25, -0.2) is 4.59 Å². The van der Waals surface area contributed by atoms with Crippen LogP contribution in [0.4, 0.5) is 0 Å². The van der Waals surface area contributed by atoms with Gasteiger partial charge in [-0.3, -0.25) is 9.59 Å². The normalized spacial score (nSPS) is 21.0. The number of hydrogen-bond acceptors (Lipinski definition) is 2. The predicted molar refractivity (Wildman–Crippen MR) is 66.7 cm³/mol. The zero-order chi connectivity index (χ0) is 13.2. The standard InChI is InChI=1S/C13H23N2O2/c1-6-7-15(4,5)14-12(16)9-11(13(14)17)8-10(2)3/h8,11H,6-7,9H2,1-5H3/q+1. The van der Waals surface area contributed by atoms with Crippen LogP contribution in [0.15, 0.2) is 11.6 Å². The molecule has 0 saturated carbocycles. The number of amides is 2. The molecule has 1 aliphatic rings. The molecular formula is C13H23N2O2+. The van der Waals surface area contributed by atoms with E-state index in [9.17, 15) is 9.59 Å². The van der Waals surface area contributed by atoms with E-state index in [0.29, 0.717) is 11.0 Å². The van der Waals surface area contributed by atoms with E-state index in [0.717, 1.165) is 18.5 Å². The minimum Gasteiger partial charge on any atom is -0.269 e. The van der Waals surface area contributed by atoms with Crippen molar-refractivity contribution < 1.29 is 14.2 Å². The molecule has 1 heterocycles. The van der Waals surface area contributed by atoms with Gasteiger partial charge in [0.1, 0.15) is 6.54 Å². The van der Waals surface area contributed by atoms with Gasteiger partial charge in [0.05, 0.1) is 20.0 Å². The van der Waals surface area contributed by atoms with Gasteiger partial charge in [0.15, 0.2) is 0 Å². The minimum absolute atomic E-state index is 0.0593. The molecule has 1 saturated heterocycles. The summed E-state index contributed by atoms with van der Waals surface area (Å²) in [5.74, 6) is -0.382. The van der Waals surface area contributed by atoms with Crippen LogP contribution >= 0.6 is 0 Å². The Morgan fingerprint density at radius 3 is 2.47 bits per heavy atom. The van der Waals surface area contributed by atoms with Crippen LogP contribution in [-0.4, -0.2) is 42.1 Å². The molecule has 0 N–H and O–H groups in total. The zero-order valence-corrected chi connectivity index (χ0v) is 11.5. The molecule has 0 radical (unpaired) electrons.